The highest BCUT2D eigenvalue weighted by Gasteiger charge is 2.19. The summed E-state index contributed by atoms with van der Waals surface area (Å²) in [6.07, 6.45) is 0. The molecule has 0 aliphatic heterocycles. The van der Waals surface area contributed by atoms with Gasteiger partial charge >= 0.3 is 0 Å². The molecule has 0 bridgehead atoms. The van der Waals surface area contributed by atoms with Crippen molar-refractivity contribution in [2.75, 3.05) is 0 Å². The molecule has 0 aliphatic rings. The lowest BCUT2D eigenvalue weighted by atomic mass is 9.94. The second kappa shape index (κ2) is 5.25. The molecule has 0 amide bonds. The smallest absolute Gasteiger partial charge is 0.273 e. The fraction of sp³-hybridized carbons (Fsp3) is 0.188. The Morgan fingerprint density at radius 1 is 1.05 bits per heavy atom. The van der Waals surface area contributed by atoms with Crippen molar-refractivity contribution < 1.29 is 9.72 Å². The van der Waals surface area contributed by atoms with E-state index in [-0.39, 0.29) is 11.5 Å². The minimum Gasteiger partial charge on any atom is -0.289 e. The quantitative estimate of drug-likeness (QED) is 0.484. The Morgan fingerprint density at radius 2 is 1.75 bits per heavy atom. The van der Waals surface area contributed by atoms with Crippen LogP contribution in [0, 0.1) is 30.9 Å². The molecule has 2 aromatic carbocycles. The van der Waals surface area contributed by atoms with Gasteiger partial charge in [-0.3, -0.25) is 14.9 Å². The van der Waals surface area contributed by atoms with Gasteiger partial charge in [-0.1, -0.05) is 35.9 Å². The molecule has 0 saturated carbocycles. The van der Waals surface area contributed by atoms with Crippen molar-refractivity contribution in [1.82, 2.24) is 0 Å². The second-order valence-electron chi connectivity index (χ2n) is 4.85. The molecule has 0 unspecified atom stereocenters. The van der Waals surface area contributed by atoms with Gasteiger partial charge in [0.25, 0.3) is 5.69 Å². The number of rotatable bonds is 3. The van der Waals surface area contributed by atoms with Crippen LogP contribution in [0.3, 0.4) is 0 Å². The summed E-state index contributed by atoms with van der Waals surface area (Å²) in [5, 5.41) is 10.9. The molecule has 0 heterocycles. The molecule has 102 valence electrons. The van der Waals surface area contributed by atoms with Gasteiger partial charge in [0.15, 0.2) is 5.78 Å². The average Bonchev–Trinajstić information content (AvgIpc) is 2.38. The number of ketones is 1. The van der Waals surface area contributed by atoms with E-state index in [1.54, 1.807) is 25.1 Å². The summed E-state index contributed by atoms with van der Waals surface area (Å²) in [4.78, 5) is 23.0. The number of hydrogen-bond donors (Lipinski definition) is 0. The topological polar surface area (TPSA) is 60.2 Å². The van der Waals surface area contributed by atoms with E-state index in [1.165, 1.54) is 6.07 Å². The van der Waals surface area contributed by atoms with Crippen LogP contribution in [-0.2, 0) is 0 Å². The highest BCUT2D eigenvalue weighted by atomic mass is 16.6. The first-order valence-corrected chi connectivity index (χ1v) is 6.27. The van der Waals surface area contributed by atoms with E-state index in [2.05, 4.69) is 0 Å². The van der Waals surface area contributed by atoms with Crippen LogP contribution in [0.25, 0.3) is 0 Å². The van der Waals surface area contributed by atoms with E-state index >= 15 is 0 Å². The van der Waals surface area contributed by atoms with Gasteiger partial charge in [0.2, 0.25) is 0 Å². The Kier molecular flexibility index (Phi) is 3.66. The lowest BCUT2D eigenvalue weighted by molar-refractivity contribution is -0.385. The summed E-state index contributed by atoms with van der Waals surface area (Å²) < 4.78 is 0. The molecule has 4 heteroatoms. The third-order valence-corrected chi connectivity index (χ3v) is 3.37. The highest BCUT2D eigenvalue weighted by Crippen LogP contribution is 2.24. The van der Waals surface area contributed by atoms with Crippen LogP contribution in [-0.4, -0.2) is 10.7 Å². The number of hydrogen-bond acceptors (Lipinski definition) is 3. The Balaban J connectivity index is 2.54. The van der Waals surface area contributed by atoms with Gasteiger partial charge in [-0.05, 0) is 26.3 Å². The monoisotopic (exact) mass is 269 g/mol. The van der Waals surface area contributed by atoms with Crippen LogP contribution in [0.4, 0.5) is 5.69 Å². The third-order valence-electron chi connectivity index (χ3n) is 3.37. The first-order chi connectivity index (χ1) is 9.41. The summed E-state index contributed by atoms with van der Waals surface area (Å²) in [6, 6.07) is 10.2. The molecule has 2 rings (SSSR count). The van der Waals surface area contributed by atoms with Crippen molar-refractivity contribution in [3.63, 3.8) is 0 Å². The van der Waals surface area contributed by atoms with Crippen molar-refractivity contribution in [2.24, 2.45) is 0 Å². The fourth-order valence-corrected chi connectivity index (χ4v) is 2.28. The molecule has 0 saturated heterocycles. The predicted molar refractivity (Wildman–Crippen MR) is 77.2 cm³/mol. The molecular formula is C16H15NO3. The SMILES string of the molecule is Cc1ccc(C(=O)c2cccc([N+](=O)[O-])c2C)c(C)c1. The first kappa shape index (κ1) is 13.9. The standard InChI is InChI=1S/C16H15NO3/c1-10-7-8-13(11(2)9-10)16(18)14-5-4-6-15(12(14)3)17(19)20/h4-9H,1-3H3. The lowest BCUT2D eigenvalue weighted by Gasteiger charge is -2.08. The maximum Gasteiger partial charge on any atom is 0.273 e. The van der Waals surface area contributed by atoms with Crippen molar-refractivity contribution in [3.8, 4) is 0 Å². The number of carbonyl (C=O) groups is 1. The molecule has 0 aliphatic carbocycles. The van der Waals surface area contributed by atoms with E-state index in [4.69, 9.17) is 0 Å². The Hall–Kier alpha value is -2.49. The summed E-state index contributed by atoms with van der Waals surface area (Å²) in [6.45, 7) is 5.43. The molecule has 0 spiro atoms. The van der Waals surface area contributed by atoms with E-state index in [9.17, 15) is 14.9 Å². The largest absolute Gasteiger partial charge is 0.289 e. The van der Waals surface area contributed by atoms with Gasteiger partial charge in [0.05, 0.1) is 4.92 Å². The molecule has 4 nitrogen and oxygen atoms in total. The molecule has 0 atom stereocenters. The summed E-state index contributed by atoms with van der Waals surface area (Å²) in [5.74, 6) is -0.177. The summed E-state index contributed by atoms with van der Waals surface area (Å²) >= 11 is 0. The zero-order chi connectivity index (χ0) is 14.9. The summed E-state index contributed by atoms with van der Waals surface area (Å²) in [7, 11) is 0. The number of nitrogens with zero attached hydrogens (tertiary/aromatic N) is 1. The predicted octanol–water partition coefficient (Wildman–Crippen LogP) is 3.75. The molecule has 0 N–H and O–H groups in total. The maximum absolute atomic E-state index is 12.6. The van der Waals surface area contributed by atoms with Crippen molar-refractivity contribution in [3.05, 3.63) is 74.3 Å². The minimum absolute atomic E-state index is 0.0272. The number of nitro benzene ring substituents is 1. The Morgan fingerprint density at radius 3 is 2.35 bits per heavy atom. The Bertz CT molecular complexity index is 705. The normalized spacial score (nSPS) is 10.3. The lowest BCUT2D eigenvalue weighted by Crippen LogP contribution is -2.07. The van der Waals surface area contributed by atoms with Crippen molar-refractivity contribution >= 4 is 11.5 Å². The first-order valence-electron chi connectivity index (χ1n) is 6.27. The van der Waals surface area contributed by atoms with E-state index in [0.29, 0.717) is 16.7 Å². The molecule has 2 aromatic rings. The van der Waals surface area contributed by atoms with E-state index in [1.807, 2.05) is 26.0 Å². The molecule has 0 radical (unpaired) electrons. The van der Waals surface area contributed by atoms with Crippen LogP contribution in [0.15, 0.2) is 36.4 Å². The highest BCUT2D eigenvalue weighted by molar-refractivity contribution is 6.11. The second-order valence-corrected chi connectivity index (χ2v) is 4.85. The number of aryl methyl sites for hydroxylation is 2. The van der Waals surface area contributed by atoms with Crippen LogP contribution in [0.5, 0.6) is 0 Å². The molecule has 0 fully saturated rings. The minimum atomic E-state index is -0.464. The van der Waals surface area contributed by atoms with Crippen molar-refractivity contribution in [2.45, 2.75) is 20.8 Å². The van der Waals surface area contributed by atoms with Gasteiger partial charge in [0, 0.05) is 22.8 Å². The molecule has 0 aromatic heterocycles. The van der Waals surface area contributed by atoms with Crippen LogP contribution < -0.4 is 0 Å². The number of nitro groups is 1. The zero-order valence-corrected chi connectivity index (χ0v) is 11.6. The Labute approximate surface area is 117 Å². The third kappa shape index (κ3) is 2.45. The molecule has 20 heavy (non-hydrogen) atoms. The van der Waals surface area contributed by atoms with E-state index < -0.39 is 4.92 Å². The average molecular weight is 269 g/mol. The van der Waals surface area contributed by atoms with Gasteiger partial charge in [0.1, 0.15) is 0 Å². The van der Waals surface area contributed by atoms with Gasteiger partial charge in [-0.15, -0.1) is 0 Å². The van der Waals surface area contributed by atoms with E-state index in [0.717, 1.165) is 11.1 Å². The van der Waals surface area contributed by atoms with Crippen LogP contribution in [0.1, 0.15) is 32.6 Å². The maximum atomic E-state index is 12.6. The van der Waals surface area contributed by atoms with Gasteiger partial charge in [-0.2, -0.15) is 0 Å². The zero-order valence-electron chi connectivity index (χ0n) is 11.6. The fourth-order valence-electron chi connectivity index (χ4n) is 2.28. The number of carbonyl (C=O) groups excluding carboxylic acids is 1. The number of benzene rings is 2. The van der Waals surface area contributed by atoms with Crippen LogP contribution in [0.2, 0.25) is 0 Å². The van der Waals surface area contributed by atoms with Gasteiger partial charge in [-0.25, -0.2) is 0 Å². The summed E-state index contributed by atoms with van der Waals surface area (Å²) in [5.41, 5.74) is 3.30. The van der Waals surface area contributed by atoms with Crippen LogP contribution >= 0.6 is 0 Å². The molecular weight excluding hydrogens is 254 g/mol. The van der Waals surface area contributed by atoms with Crippen molar-refractivity contribution in [1.29, 1.82) is 0 Å². The van der Waals surface area contributed by atoms with Gasteiger partial charge < -0.3 is 0 Å².